The fourth-order valence-corrected chi connectivity index (χ4v) is 5.53. The Bertz CT molecular complexity index is 1290. The maximum absolute atomic E-state index is 13.1. The van der Waals surface area contributed by atoms with Crippen LogP contribution in [-0.2, 0) is 9.84 Å². The summed E-state index contributed by atoms with van der Waals surface area (Å²) in [5, 5.41) is 0. The van der Waals surface area contributed by atoms with Gasteiger partial charge in [0.1, 0.15) is 17.2 Å². The number of hydrogen-bond donors (Lipinski definition) is 0. The van der Waals surface area contributed by atoms with Crippen molar-refractivity contribution in [2.45, 2.75) is 77.5 Å². The Balaban J connectivity index is 1.61. The lowest BCUT2D eigenvalue weighted by atomic mass is 10.0. The summed E-state index contributed by atoms with van der Waals surface area (Å²) in [6.45, 7) is 17.3. The van der Waals surface area contributed by atoms with Crippen molar-refractivity contribution >= 4 is 15.7 Å². The monoisotopic (exact) mass is 534 g/mol. The Hall–Kier alpha value is -2.59. The van der Waals surface area contributed by atoms with Crippen LogP contribution in [0.2, 0.25) is 0 Å². The molecule has 1 aromatic carbocycles. The molecule has 1 saturated heterocycles. The summed E-state index contributed by atoms with van der Waals surface area (Å²) in [4.78, 5) is 30.6. The minimum absolute atomic E-state index is 0.0553. The highest BCUT2D eigenvalue weighted by Crippen LogP contribution is 2.24. The van der Waals surface area contributed by atoms with Crippen LogP contribution in [0.4, 0.5) is 5.82 Å². The second-order valence-electron chi connectivity index (χ2n) is 10.9. The fraction of sp³-hybridized carbons (Fsp3) is 0.630. The topological polar surface area (TPSA) is 93.9 Å². The van der Waals surface area contributed by atoms with Gasteiger partial charge in [0, 0.05) is 50.9 Å². The first-order chi connectivity index (χ1) is 17.3. The summed E-state index contributed by atoms with van der Waals surface area (Å²) < 4.78 is 33.3. The molecule has 2 aromatic rings. The van der Waals surface area contributed by atoms with Crippen molar-refractivity contribution in [1.82, 2.24) is 14.0 Å². The van der Waals surface area contributed by atoms with Crippen LogP contribution in [0, 0.1) is 0 Å². The second-order valence-corrected chi connectivity index (χ2v) is 13.1. The van der Waals surface area contributed by atoms with Crippen molar-refractivity contribution in [2.75, 3.05) is 43.4 Å². The largest absolute Gasteiger partial charge is 0.488 e. The summed E-state index contributed by atoms with van der Waals surface area (Å²) in [5.41, 5.74) is -0.940. The molecular weight excluding hydrogens is 492 g/mol. The van der Waals surface area contributed by atoms with Gasteiger partial charge in [-0.1, -0.05) is 6.92 Å². The maximum Gasteiger partial charge on any atom is 0.333 e. The molecule has 9 nitrogen and oxygen atoms in total. The van der Waals surface area contributed by atoms with Crippen LogP contribution in [-0.4, -0.2) is 66.5 Å². The molecule has 0 amide bonds. The quantitative estimate of drug-likeness (QED) is 0.462. The van der Waals surface area contributed by atoms with Crippen molar-refractivity contribution in [3.63, 3.8) is 0 Å². The Kier molecular flexibility index (Phi) is 8.95. The standard InChI is InChI=1S/C27H42N4O5S/c1-8-37(34,35)23-11-9-22(10-12-23)36-27(6,7)13-14-28-15-17-29(18-16-28)24-19-25(32)31(21(4)5)26(33)30(24)20(2)3/h9-12,19-21H,8,13-18H2,1-7H3. The van der Waals surface area contributed by atoms with E-state index in [1.54, 1.807) is 41.8 Å². The minimum Gasteiger partial charge on any atom is -0.488 e. The van der Waals surface area contributed by atoms with Gasteiger partial charge in [-0.25, -0.2) is 13.2 Å². The van der Waals surface area contributed by atoms with Crippen molar-refractivity contribution in [3.8, 4) is 5.75 Å². The lowest BCUT2D eigenvalue weighted by molar-refractivity contribution is 0.0820. The number of rotatable bonds is 10. The molecule has 0 N–H and O–H groups in total. The molecule has 10 heteroatoms. The van der Waals surface area contributed by atoms with Gasteiger partial charge < -0.3 is 9.64 Å². The predicted octanol–water partition coefficient (Wildman–Crippen LogP) is 3.34. The molecule has 1 aromatic heterocycles. The van der Waals surface area contributed by atoms with E-state index in [9.17, 15) is 18.0 Å². The SMILES string of the molecule is CCS(=O)(=O)c1ccc(OC(C)(C)CCN2CCN(c3cc(=O)n(C(C)C)c(=O)n3C(C)C)CC2)cc1. The van der Waals surface area contributed by atoms with Crippen molar-refractivity contribution < 1.29 is 13.2 Å². The summed E-state index contributed by atoms with van der Waals surface area (Å²) in [6.07, 6.45) is 0.795. The molecule has 0 aliphatic carbocycles. The highest BCUT2D eigenvalue weighted by atomic mass is 32.2. The van der Waals surface area contributed by atoms with E-state index in [1.165, 1.54) is 4.57 Å². The molecule has 0 unspecified atom stereocenters. The number of benzene rings is 1. The Labute approximate surface area is 220 Å². The average molecular weight is 535 g/mol. The van der Waals surface area contributed by atoms with Crippen LogP contribution in [0.5, 0.6) is 5.75 Å². The van der Waals surface area contributed by atoms with E-state index < -0.39 is 15.4 Å². The van der Waals surface area contributed by atoms with Gasteiger partial charge in [-0.15, -0.1) is 0 Å². The van der Waals surface area contributed by atoms with Crippen LogP contribution >= 0.6 is 0 Å². The predicted molar refractivity (Wildman–Crippen MR) is 148 cm³/mol. The molecule has 0 bridgehead atoms. The zero-order valence-electron chi connectivity index (χ0n) is 23.2. The number of sulfone groups is 1. The van der Waals surface area contributed by atoms with Crippen LogP contribution in [0.3, 0.4) is 0 Å². The highest BCUT2D eigenvalue weighted by molar-refractivity contribution is 7.91. The molecule has 0 spiro atoms. The second kappa shape index (κ2) is 11.4. The first kappa shape index (κ1) is 29.0. The molecule has 0 radical (unpaired) electrons. The van der Waals surface area contributed by atoms with Gasteiger partial charge in [0.25, 0.3) is 5.56 Å². The van der Waals surface area contributed by atoms with E-state index in [1.807, 2.05) is 41.5 Å². The summed E-state index contributed by atoms with van der Waals surface area (Å²) in [5.74, 6) is 1.41. The molecule has 1 fully saturated rings. The fourth-order valence-electron chi connectivity index (χ4n) is 4.64. The van der Waals surface area contributed by atoms with Gasteiger partial charge in [-0.05, 0) is 72.2 Å². The molecule has 0 saturated carbocycles. The molecule has 2 heterocycles. The van der Waals surface area contributed by atoms with Crippen LogP contribution in [0.25, 0.3) is 0 Å². The number of hydrogen-bond acceptors (Lipinski definition) is 7. The van der Waals surface area contributed by atoms with Crippen LogP contribution in [0.1, 0.15) is 67.0 Å². The lowest BCUT2D eigenvalue weighted by Crippen LogP contribution is -2.51. The van der Waals surface area contributed by atoms with Gasteiger partial charge in [-0.2, -0.15) is 0 Å². The summed E-state index contributed by atoms with van der Waals surface area (Å²) in [7, 11) is -3.23. The number of anilines is 1. The molecule has 37 heavy (non-hydrogen) atoms. The van der Waals surface area contributed by atoms with Crippen LogP contribution < -0.4 is 20.9 Å². The number of nitrogens with zero attached hydrogens (tertiary/aromatic N) is 4. The maximum atomic E-state index is 13.1. The molecule has 3 rings (SSSR count). The minimum atomic E-state index is -3.23. The van der Waals surface area contributed by atoms with E-state index >= 15 is 0 Å². The zero-order chi connectivity index (χ0) is 27.5. The van der Waals surface area contributed by atoms with Gasteiger partial charge >= 0.3 is 5.69 Å². The summed E-state index contributed by atoms with van der Waals surface area (Å²) in [6, 6.07) is 7.98. The number of ether oxygens (including phenoxy) is 1. The highest BCUT2D eigenvalue weighted by Gasteiger charge is 2.26. The Morgan fingerprint density at radius 3 is 2.00 bits per heavy atom. The smallest absolute Gasteiger partial charge is 0.333 e. The normalized spacial score (nSPS) is 15.5. The van der Waals surface area contributed by atoms with E-state index in [4.69, 9.17) is 4.74 Å². The molecule has 1 aliphatic heterocycles. The summed E-state index contributed by atoms with van der Waals surface area (Å²) >= 11 is 0. The Morgan fingerprint density at radius 2 is 1.49 bits per heavy atom. The van der Waals surface area contributed by atoms with Crippen molar-refractivity contribution in [1.29, 1.82) is 0 Å². The van der Waals surface area contributed by atoms with Gasteiger partial charge in [-0.3, -0.25) is 18.8 Å². The van der Waals surface area contributed by atoms with Crippen molar-refractivity contribution in [3.05, 3.63) is 51.2 Å². The first-order valence-corrected chi connectivity index (χ1v) is 14.8. The average Bonchev–Trinajstić information content (AvgIpc) is 2.82. The van der Waals surface area contributed by atoms with Crippen LogP contribution in [0.15, 0.2) is 44.8 Å². The zero-order valence-corrected chi connectivity index (χ0v) is 24.0. The van der Waals surface area contributed by atoms with Gasteiger partial charge in [0.15, 0.2) is 9.84 Å². The third kappa shape index (κ3) is 6.84. The third-order valence-corrected chi connectivity index (χ3v) is 8.62. The van der Waals surface area contributed by atoms with E-state index in [0.717, 1.165) is 39.1 Å². The van der Waals surface area contributed by atoms with Gasteiger partial charge in [0.05, 0.1) is 10.6 Å². The number of piperazine rings is 1. The number of aromatic nitrogens is 2. The van der Waals surface area contributed by atoms with E-state index in [2.05, 4.69) is 9.80 Å². The lowest BCUT2D eigenvalue weighted by Gasteiger charge is -2.38. The van der Waals surface area contributed by atoms with E-state index in [0.29, 0.717) is 16.5 Å². The molecular formula is C27H42N4O5S. The van der Waals surface area contributed by atoms with E-state index in [-0.39, 0.29) is 29.1 Å². The van der Waals surface area contributed by atoms with Gasteiger partial charge in [0.2, 0.25) is 0 Å². The molecule has 0 atom stereocenters. The molecule has 1 aliphatic rings. The Morgan fingerprint density at radius 1 is 0.919 bits per heavy atom. The first-order valence-electron chi connectivity index (χ1n) is 13.1. The molecule has 206 valence electrons. The van der Waals surface area contributed by atoms with Crippen molar-refractivity contribution in [2.24, 2.45) is 0 Å². The third-order valence-electron chi connectivity index (χ3n) is 6.87.